The Balaban J connectivity index is 2.28. The number of benzene rings is 2. The second-order valence-electron chi connectivity index (χ2n) is 4.95. The number of hydrogen-bond acceptors (Lipinski definition) is 5. The van der Waals surface area contributed by atoms with E-state index in [1.165, 1.54) is 20.3 Å². The molecule has 0 aromatic heterocycles. The van der Waals surface area contributed by atoms with Crippen molar-refractivity contribution in [3.63, 3.8) is 0 Å². The van der Waals surface area contributed by atoms with E-state index in [1.807, 2.05) is 6.92 Å². The quantitative estimate of drug-likeness (QED) is 0.802. The van der Waals surface area contributed by atoms with Crippen LogP contribution in [0.15, 0.2) is 30.3 Å². The summed E-state index contributed by atoms with van der Waals surface area (Å²) in [6.45, 7) is 2.28. The summed E-state index contributed by atoms with van der Waals surface area (Å²) in [5.41, 5.74) is 0.909. The number of anilines is 1. The van der Waals surface area contributed by atoms with Crippen LogP contribution >= 0.6 is 11.6 Å². The summed E-state index contributed by atoms with van der Waals surface area (Å²) < 4.78 is 21.1. The van der Waals surface area contributed by atoms with Gasteiger partial charge in [0, 0.05) is 17.3 Å². The van der Waals surface area contributed by atoms with Crippen molar-refractivity contribution in [1.29, 1.82) is 0 Å². The Morgan fingerprint density at radius 2 is 1.68 bits per heavy atom. The van der Waals surface area contributed by atoms with Gasteiger partial charge in [-0.2, -0.15) is 0 Å². The zero-order valence-corrected chi connectivity index (χ0v) is 15.3. The molecule has 0 saturated heterocycles. The average molecular weight is 366 g/mol. The molecule has 0 atom stereocenters. The minimum Gasteiger partial charge on any atom is -0.493 e. The van der Waals surface area contributed by atoms with Gasteiger partial charge in [-0.15, -0.1) is 0 Å². The first-order valence-corrected chi connectivity index (χ1v) is 7.95. The normalized spacial score (nSPS) is 10.1. The van der Waals surface area contributed by atoms with Gasteiger partial charge in [0.2, 0.25) is 0 Å². The molecule has 6 nitrogen and oxygen atoms in total. The third-order valence-corrected chi connectivity index (χ3v) is 3.70. The molecule has 0 fully saturated rings. The fourth-order valence-corrected chi connectivity index (χ4v) is 2.52. The summed E-state index contributed by atoms with van der Waals surface area (Å²) in [4.78, 5) is 12.5. The van der Waals surface area contributed by atoms with Crippen LogP contribution in [-0.4, -0.2) is 33.8 Å². The largest absolute Gasteiger partial charge is 0.493 e. The van der Waals surface area contributed by atoms with Gasteiger partial charge in [-0.3, -0.25) is 4.79 Å². The molecule has 0 aliphatic heterocycles. The SMILES string of the molecule is CCOc1c(Cl)cc(C(=O)Nc2ccc(OC)c(OC)c2)cc1OC. The number of ether oxygens (including phenoxy) is 4. The van der Waals surface area contributed by atoms with E-state index in [-0.39, 0.29) is 5.91 Å². The number of carbonyl (C=O) groups is 1. The predicted molar refractivity (Wildman–Crippen MR) is 96.7 cm³/mol. The maximum absolute atomic E-state index is 12.5. The van der Waals surface area contributed by atoms with E-state index in [0.29, 0.717) is 45.9 Å². The third-order valence-electron chi connectivity index (χ3n) is 3.42. The van der Waals surface area contributed by atoms with Crippen LogP contribution < -0.4 is 24.3 Å². The van der Waals surface area contributed by atoms with Crippen LogP contribution in [0.1, 0.15) is 17.3 Å². The number of hydrogen-bond donors (Lipinski definition) is 1. The molecule has 0 aliphatic rings. The lowest BCUT2D eigenvalue weighted by atomic mass is 10.1. The van der Waals surface area contributed by atoms with E-state index in [2.05, 4.69) is 5.32 Å². The molecule has 0 unspecified atom stereocenters. The van der Waals surface area contributed by atoms with E-state index in [1.54, 1.807) is 31.4 Å². The van der Waals surface area contributed by atoms with E-state index < -0.39 is 0 Å². The second-order valence-corrected chi connectivity index (χ2v) is 5.35. The van der Waals surface area contributed by atoms with Gasteiger partial charge < -0.3 is 24.3 Å². The van der Waals surface area contributed by atoms with Gasteiger partial charge in [0.05, 0.1) is 33.0 Å². The lowest BCUT2D eigenvalue weighted by Crippen LogP contribution is -2.12. The molecule has 2 aromatic carbocycles. The number of amides is 1. The first-order valence-electron chi connectivity index (χ1n) is 7.57. The van der Waals surface area contributed by atoms with Gasteiger partial charge in [0.1, 0.15) is 0 Å². The van der Waals surface area contributed by atoms with E-state index >= 15 is 0 Å². The topological polar surface area (TPSA) is 66.0 Å². The molecule has 0 aliphatic carbocycles. The van der Waals surface area contributed by atoms with E-state index in [4.69, 9.17) is 30.5 Å². The van der Waals surface area contributed by atoms with Crippen molar-refractivity contribution < 1.29 is 23.7 Å². The van der Waals surface area contributed by atoms with Gasteiger partial charge in [-0.1, -0.05) is 11.6 Å². The maximum atomic E-state index is 12.5. The zero-order valence-electron chi connectivity index (χ0n) is 14.5. The lowest BCUT2D eigenvalue weighted by molar-refractivity contribution is 0.102. The van der Waals surface area contributed by atoms with Crippen molar-refractivity contribution in [3.8, 4) is 23.0 Å². The molecule has 0 spiro atoms. The number of methoxy groups -OCH3 is 3. The Morgan fingerprint density at radius 3 is 2.28 bits per heavy atom. The van der Waals surface area contributed by atoms with Crippen LogP contribution in [0.3, 0.4) is 0 Å². The van der Waals surface area contributed by atoms with Crippen molar-refractivity contribution >= 4 is 23.2 Å². The average Bonchev–Trinajstić information content (AvgIpc) is 2.62. The summed E-state index contributed by atoms with van der Waals surface area (Å²) in [7, 11) is 4.56. The number of carbonyl (C=O) groups excluding carboxylic acids is 1. The molecule has 0 radical (unpaired) electrons. The number of halogens is 1. The number of nitrogens with one attached hydrogen (secondary N) is 1. The molecular weight excluding hydrogens is 346 g/mol. The predicted octanol–water partition coefficient (Wildman–Crippen LogP) is 4.02. The van der Waals surface area contributed by atoms with Gasteiger partial charge in [-0.25, -0.2) is 0 Å². The summed E-state index contributed by atoms with van der Waals surface area (Å²) in [6.07, 6.45) is 0. The Hall–Kier alpha value is -2.60. The summed E-state index contributed by atoms with van der Waals surface area (Å²) in [5.74, 6) is 1.56. The highest BCUT2D eigenvalue weighted by Gasteiger charge is 2.16. The van der Waals surface area contributed by atoms with E-state index in [9.17, 15) is 4.79 Å². The van der Waals surface area contributed by atoms with Crippen molar-refractivity contribution in [2.75, 3.05) is 33.3 Å². The summed E-state index contributed by atoms with van der Waals surface area (Å²) in [5, 5.41) is 3.09. The second kappa shape index (κ2) is 8.48. The maximum Gasteiger partial charge on any atom is 0.255 e. The highest BCUT2D eigenvalue weighted by atomic mass is 35.5. The van der Waals surface area contributed by atoms with E-state index in [0.717, 1.165) is 0 Å². The van der Waals surface area contributed by atoms with Crippen molar-refractivity contribution in [2.24, 2.45) is 0 Å². The van der Waals surface area contributed by atoms with Crippen LogP contribution in [0.4, 0.5) is 5.69 Å². The van der Waals surface area contributed by atoms with Gasteiger partial charge in [-0.05, 0) is 31.2 Å². The fourth-order valence-electron chi connectivity index (χ4n) is 2.25. The first-order chi connectivity index (χ1) is 12.0. The molecule has 0 bridgehead atoms. The number of rotatable bonds is 7. The summed E-state index contributed by atoms with van der Waals surface area (Å²) >= 11 is 6.20. The molecule has 1 N–H and O–H groups in total. The molecular formula is C18H20ClNO5. The molecule has 25 heavy (non-hydrogen) atoms. The Kier molecular flexibility index (Phi) is 6.36. The van der Waals surface area contributed by atoms with Crippen LogP contribution in [0.2, 0.25) is 5.02 Å². The monoisotopic (exact) mass is 365 g/mol. The molecule has 7 heteroatoms. The van der Waals surface area contributed by atoms with Crippen molar-refractivity contribution in [2.45, 2.75) is 6.92 Å². The molecule has 0 saturated carbocycles. The van der Waals surface area contributed by atoms with Crippen molar-refractivity contribution in [3.05, 3.63) is 40.9 Å². The third kappa shape index (κ3) is 4.28. The highest BCUT2D eigenvalue weighted by Crippen LogP contribution is 2.37. The fraction of sp³-hybridized carbons (Fsp3) is 0.278. The lowest BCUT2D eigenvalue weighted by Gasteiger charge is -2.14. The Morgan fingerprint density at radius 1 is 1.00 bits per heavy atom. The minimum atomic E-state index is -0.338. The summed E-state index contributed by atoms with van der Waals surface area (Å²) in [6, 6.07) is 8.20. The van der Waals surface area contributed by atoms with Crippen LogP contribution in [0.25, 0.3) is 0 Å². The standard InChI is InChI=1S/C18H20ClNO5/c1-5-25-17-13(19)8-11(9-16(17)24-4)18(21)20-12-6-7-14(22-2)15(10-12)23-3/h6-10H,5H2,1-4H3,(H,20,21). The van der Waals surface area contributed by atoms with Crippen LogP contribution in [-0.2, 0) is 0 Å². The molecule has 2 rings (SSSR count). The molecule has 0 heterocycles. The Labute approximate surface area is 151 Å². The molecule has 2 aromatic rings. The minimum absolute atomic E-state index is 0.304. The zero-order chi connectivity index (χ0) is 18.4. The van der Waals surface area contributed by atoms with Gasteiger partial charge in [0.25, 0.3) is 5.91 Å². The van der Waals surface area contributed by atoms with Crippen LogP contribution in [0, 0.1) is 0 Å². The first kappa shape index (κ1) is 18.7. The van der Waals surface area contributed by atoms with Crippen LogP contribution in [0.5, 0.6) is 23.0 Å². The van der Waals surface area contributed by atoms with Gasteiger partial charge >= 0.3 is 0 Å². The smallest absolute Gasteiger partial charge is 0.255 e. The molecule has 1 amide bonds. The van der Waals surface area contributed by atoms with Crippen molar-refractivity contribution in [1.82, 2.24) is 0 Å². The van der Waals surface area contributed by atoms with Gasteiger partial charge in [0.15, 0.2) is 23.0 Å². The Bertz CT molecular complexity index is 763. The highest BCUT2D eigenvalue weighted by molar-refractivity contribution is 6.32. The molecule has 134 valence electrons.